The molecule has 4 rings (SSSR count). The Labute approximate surface area is 174 Å². The van der Waals surface area contributed by atoms with E-state index >= 15 is 0 Å². The number of hydrogen-bond donors (Lipinski definition) is 2. The van der Waals surface area contributed by atoms with E-state index in [4.69, 9.17) is 0 Å². The Kier molecular flexibility index (Phi) is 4.41. The largest absolute Gasteiger partial charge is 0.296 e. The topological polar surface area (TPSA) is 120 Å². The van der Waals surface area contributed by atoms with Crippen molar-refractivity contribution in [3.8, 4) is 0 Å². The molecule has 0 saturated carbocycles. The van der Waals surface area contributed by atoms with E-state index in [2.05, 4.69) is 15.9 Å². The van der Waals surface area contributed by atoms with E-state index in [0.29, 0.717) is 44.3 Å². The van der Waals surface area contributed by atoms with Gasteiger partial charge in [-0.1, -0.05) is 0 Å². The van der Waals surface area contributed by atoms with E-state index in [1.807, 2.05) is 0 Å². The molecule has 0 radical (unpaired) electrons. The van der Waals surface area contributed by atoms with Gasteiger partial charge in [-0.05, 0) is 37.1 Å². The van der Waals surface area contributed by atoms with Gasteiger partial charge in [0.2, 0.25) is 0 Å². The molecule has 0 amide bonds. The average Bonchev–Trinajstić information content (AvgIpc) is 3.20. The van der Waals surface area contributed by atoms with Gasteiger partial charge in [-0.15, -0.1) is 5.73 Å². The molecule has 4 heterocycles. The number of rotatable bonds is 2. The van der Waals surface area contributed by atoms with E-state index in [9.17, 15) is 19.2 Å². The second-order valence-corrected chi connectivity index (χ2v) is 7.66. The van der Waals surface area contributed by atoms with Crippen LogP contribution in [0.15, 0.2) is 24.9 Å². The third kappa shape index (κ3) is 2.72. The van der Waals surface area contributed by atoms with Crippen LogP contribution in [-0.4, -0.2) is 28.7 Å². The molecular weight excluding hydrogens is 400 g/mol. The molecule has 10 heteroatoms. The second kappa shape index (κ2) is 6.75. The average molecular weight is 422 g/mol. The Bertz CT molecular complexity index is 1580. The lowest BCUT2D eigenvalue weighted by Gasteiger charge is -2.06. The van der Waals surface area contributed by atoms with Gasteiger partial charge in [0.05, 0.1) is 21.9 Å². The molecule has 0 aliphatic rings. The molecule has 0 aliphatic carbocycles. The Hall–Kier alpha value is -4.04. The minimum Gasteiger partial charge on any atom is -0.296 e. The van der Waals surface area contributed by atoms with Crippen LogP contribution in [0, 0.1) is 13.8 Å². The first-order chi connectivity index (χ1) is 14.6. The molecular formula is C21H22N6O4. The van der Waals surface area contributed by atoms with Gasteiger partial charge >= 0.3 is 0 Å². The maximum atomic E-state index is 12.8. The Balaban J connectivity index is 1.98. The SMILES string of the molecule is Cc1c(C=C=Cc2c(C)c3c(=O)n(C)[nH]c3n(C)c2=O)c(=O)n(C)c2[nH]n(C)c(=O)c12. The smallest absolute Gasteiger partial charge is 0.276 e. The summed E-state index contributed by atoms with van der Waals surface area (Å²) in [5, 5.41) is 6.59. The zero-order valence-electron chi connectivity index (χ0n) is 18.1. The highest BCUT2D eigenvalue weighted by molar-refractivity contribution is 5.84. The lowest BCUT2D eigenvalue weighted by Crippen LogP contribution is -2.22. The third-order valence-electron chi connectivity index (χ3n) is 5.81. The fraction of sp³-hybridized carbons (Fsp3) is 0.286. The number of aryl methyl sites for hydroxylation is 6. The fourth-order valence-corrected chi connectivity index (χ4v) is 3.93. The Morgan fingerprint density at radius 1 is 0.645 bits per heavy atom. The highest BCUT2D eigenvalue weighted by atomic mass is 16.1. The van der Waals surface area contributed by atoms with E-state index in [0.717, 1.165) is 0 Å². The third-order valence-corrected chi connectivity index (χ3v) is 5.81. The summed E-state index contributed by atoms with van der Waals surface area (Å²) in [6, 6.07) is 0. The highest BCUT2D eigenvalue weighted by Gasteiger charge is 2.17. The molecule has 0 aliphatic heterocycles. The molecule has 0 fully saturated rings. The van der Waals surface area contributed by atoms with Crippen LogP contribution < -0.4 is 22.2 Å². The number of H-pyrrole nitrogens is 2. The Morgan fingerprint density at radius 2 is 1.00 bits per heavy atom. The van der Waals surface area contributed by atoms with Crippen molar-refractivity contribution < 1.29 is 0 Å². The highest BCUT2D eigenvalue weighted by Crippen LogP contribution is 2.17. The van der Waals surface area contributed by atoms with Crippen LogP contribution in [0.5, 0.6) is 0 Å². The van der Waals surface area contributed by atoms with Crippen molar-refractivity contribution in [1.82, 2.24) is 28.7 Å². The van der Waals surface area contributed by atoms with Crippen molar-refractivity contribution in [2.45, 2.75) is 13.8 Å². The number of fused-ring (bicyclic) bond motifs is 2. The van der Waals surface area contributed by atoms with Crippen molar-refractivity contribution in [3.05, 3.63) is 69.4 Å². The maximum Gasteiger partial charge on any atom is 0.276 e. The molecule has 4 aromatic rings. The van der Waals surface area contributed by atoms with Gasteiger partial charge < -0.3 is 0 Å². The number of nitrogens with zero attached hydrogens (tertiary/aromatic N) is 4. The molecule has 0 aromatic carbocycles. The van der Waals surface area contributed by atoms with Crippen molar-refractivity contribution >= 4 is 34.2 Å². The molecule has 160 valence electrons. The van der Waals surface area contributed by atoms with Crippen molar-refractivity contribution in [2.75, 3.05) is 0 Å². The van der Waals surface area contributed by atoms with Gasteiger partial charge in [-0.3, -0.25) is 47.9 Å². The standard InChI is InChI=1S/C21H22N6O4/c1-10-12(18(28)24(3)16-14(10)20(30)26(5)22-16)8-7-9-13-11(2)15-17(25(4)19(13)29)23-27(6)21(15)31/h8-9,22-23H,1-6H3. The van der Waals surface area contributed by atoms with Crippen LogP contribution in [-0.2, 0) is 28.2 Å². The molecule has 0 atom stereocenters. The minimum atomic E-state index is -0.299. The summed E-state index contributed by atoms with van der Waals surface area (Å²) in [6.07, 6.45) is 2.92. The van der Waals surface area contributed by atoms with Crippen LogP contribution in [0.4, 0.5) is 0 Å². The summed E-state index contributed by atoms with van der Waals surface area (Å²) in [4.78, 5) is 50.5. The van der Waals surface area contributed by atoms with Gasteiger partial charge in [-0.25, -0.2) is 0 Å². The van der Waals surface area contributed by atoms with Gasteiger partial charge in [0.25, 0.3) is 22.2 Å². The molecule has 31 heavy (non-hydrogen) atoms. The zero-order chi connectivity index (χ0) is 22.8. The van der Waals surface area contributed by atoms with Gasteiger partial charge in [0, 0.05) is 28.2 Å². The molecule has 0 spiro atoms. The normalized spacial score (nSPS) is 11.3. The van der Waals surface area contributed by atoms with E-state index < -0.39 is 0 Å². The molecule has 4 aromatic heterocycles. The van der Waals surface area contributed by atoms with Crippen LogP contribution in [0.25, 0.3) is 34.2 Å². The van der Waals surface area contributed by atoms with Crippen LogP contribution >= 0.6 is 0 Å². The zero-order valence-corrected chi connectivity index (χ0v) is 18.1. The summed E-state index contributed by atoms with van der Waals surface area (Å²) in [7, 11) is 6.33. The van der Waals surface area contributed by atoms with E-state index in [1.54, 1.807) is 42.0 Å². The van der Waals surface area contributed by atoms with Gasteiger partial charge in [0.15, 0.2) is 0 Å². The predicted molar refractivity (Wildman–Crippen MR) is 119 cm³/mol. The lowest BCUT2D eigenvalue weighted by atomic mass is 10.1. The molecule has 2 N–H and O–H groups in total. The Morgan fingerprint density at radius 3 is 1.35 bits per heavy atom. The number of aromatic amines is 2. The fourth-order valence-electron chi connectivity index (χ4n) is 3.93. The minimum absolute atomic E-state index is 0.236. The van der Waals surface area contributed by atoms with Crippen molar-refractivity contribution in [2.24, 2.45) is 28.2 Å². The van der Waals surface area contributed by atoms with E-state index in [-0.39, 0.29) is 22.2 Å². The number of aromatic nitrogens is 6. The number of pyridine rings is 2. The van der Waals surface area contributed by atoms with Gasteiger partial charge in [-0.2, -0.15) is 0 Å². The number of nitrogens with one attached hydrogen (secondary N) is 2. The first kappa shape index (κ1) is 20.2. The second-order valence-electron chi connectivity index (χ2n) is 7.66. The molecule has 0 unspecified atom stereocenters. The quantitative estimate of drug-likeness (QED) is 0.454. The summed E-state index contributed by atoms with van der Waals surface area (Å²) >= 11 is 0. The summed E-state index contributed by atoms with van der Waals surface area (Å²) in [6.45, 7) is 3.40. The van der Waals surface area contributed by atoms with Crippen molar-refractivity contribution in [1.29, 1.82) is 0 Å². The molecule has 0 saturated heterocycles. The summed E-state index contributed by atoms with van der Waals surface area (Å²) in [5.41, 5.74) is 4.37. The predicted octanol–water partition coefficient (Wildman–Crippen LogP) is 0.386. The molecule has 10 nitrogen and oxygen atoms in total. The monoisotopic (exact) mass is 422 g/mol. The van der Waals surface area contributed by atoms with Crippen LogP contribution in [0.2, 0.25) is 0 Å². The lowest BCUT2D eigenvalue weighted by molar-refractivity contribution is 0.735. The number of hydrogen-bond acceptors (Lipinski definition) is 4. The van der Waals surface area contributed by atoms with Crippen LogP contribution in [0.3, 0.4) is 0 Å². The van der Waals surface area contributed by atoms with E-state index in [1.165, 1.54) is 30.6 Å². The molecule has 0 bridgehead atoms. The maximum absolute atomic E-state index is 12.8. The van der Waals surface area contributed by atoms with Crippen LogP contribution in [0.1, 0.15) is 22.3 Å². The van der Waals surface area contributed by atoms with Crippen molar-refractivity contribution in [3.63, 3.8) is 0 Å². The first-order valence-electron chi connectivity index (χ1n) is 9.55. The van der Waals surface area contributed by atoms with Gasteiger partial charge in [0.1, 0.15) is 11.3 Å². The summed E-state index contributed by atoms with van der Waals surface area (Å²) in [5.74, 6) is 0. The summed E-state index contributed by atoms with van der Waals surface area (Å²) < 4.78 is 5.38. The first-order valence-corrected chi connectivity index (χ1v) is 9.55.